The lowest BCUT2D eigenvalue weighted by atomic mass is 9.74. The minimum absolute atomic E-state index is 0.0227. The lowest BCUT2D eigenvalue weighted by molar-refractivity contribution is -0.144. The van der Waals surface area contributed by atoms with E-state index in [4.69, 9.17) is 10.5 Å². The number of benzene rings is 1. The topological polar surface area (TPSA) is 52.3 Å². The fourth-order valence-electron chi connectivity index (χ4n) is 3.22. The van der Waals surface area contributed by atoms with Crippen molar-refractivity contribution in [2.24, 2.45) is 11.7 Å². The molecule has 1 aromatic rings. The van der Waals surface area contributed by atoms with Crippen LogP contribution in [-0.2, 0) is 15.7 Å². The van der Waals surface area contributed by atoms with E-state index in [1.807, 2.05) is 0 Å². The molecule has 128 valence electrons. The van der Waals surface area contributed by atoms with Gasteiger partial charge in [-0.2, -0.15) is 13.2 Å². The number of hydrogen-bond donors (Lipinski definition) is 1. The summed E-state index contributed by atoms with van der Waals surface area (Å²) in [5.41, 5.74) is 6.29. The molecule has 1 fully saturated rings. The molecule has 2 rings (SSSR count). The Morgan fingerprint density at radius 3 is 2.48 bits per heavy atom. The summed E-state index contributed by atoms with van der Waals surface area (Å²) in [6.45, 7) is 2.12. The van der Waals surface area contributed by atoms with Gasteiger partial charge in [0.1, 0.15) is 0 Å². The molecule has 3 nitrogen and oxygen atoms in total. The summed E-state index contributed by atoms with van der Waals surface area (Å²) < 4.78 is 42.9. The molecular formula is C17H22F3NO2. The van der Waals surface area contributed by atoms with Crippen molar-refractivity contribution in [2.45, 2.75) is 50.7 Å². The number of hydrogen-bond acceptors (Lipinski definition) is 3. The lowest BCUT2D eigenvalue weighted by Gasteiger charge is -2.34. The molecule has 2 N–H and O–H groups in total. The summed E-state index contributed by atoms with van der Waals surface area (Å²) >= 11 is 0. The maximum atomic E-state index is 12.6. The van der Waals surface area contributed by atoms with E-state index in [9.17, 15) is 18.0 Å². The van der Waals surface area contributed by atoms with Crippen LogP contribution in [-0.4, -0.2) is 18.6 Å². The second-order valence-electron chi connectivity index (χ2n) is 6.08. The van der Waals surface area contributed by atoms with Gasteiger partial charge in [-0.1, -0.05) is 12.1 Å². The van der Waals surface area contributed by atoms with Crippen LogP contribution in [0.5, 0.6) is 0 Å². The number of ether oxygens (including phenoxy) is 1. The third-order valence-electron chi connectivity index (χ3n) is 4.44. The van der Waals surface area contributed by atoms with Gasteiger partial charge in [-0.25, -0.2) is 0 Å². The highest BCUT2D eigenvalue weighted by Crippen LogP contribution is 2.38. The summed E-state index contributed by atoms with van der Waals surface area (Å²) in [5.74, 6) is -0.0780. The molecule has 1 saturated carbocycles. The minimum atomic E-state index is -4.33. The summed E-state index contributed by atoms with van der Waals surface area (Å²) in [4.78, 5) is 11.6. The van der Waals surface area contributed by atoms with Crippen LogP contribution in [0.4, 0.5) is 13.2 Å². The third kappa shape index (κ3) is 4.70. The van der Waals surface area contributed by atoms with Gasteiger partial charge in [-0.3, -0.25) is 4.79 Å². The number of esters is 1. The molecule has 6 heteroatoms. The van der Waals surface area contributed by atoms with Crippen LogP contribution in [0, 0.1) is 5.92 Å². The average Bonchev–Trinajstić information content (AvgIpc) is 2.49. The Bertz CT molecular complexity index is 528. The molecule has 23 heavy (non-hydrogen) atoms. The van der Waals surface area contributed by atoms with E-state index in [2.05, 4.69) is 0 Å². The predicted octanol–water partition coefficient (Wildman–Crippen LogP) is 3.87. The van der Waals surface area contributed by atoms with Gasteiger partial charge >= 0.3 is 12.1 Å². The maximum absolute atomic E-state index is 12.6. The first-order valence-corrected chi connectivity index (χ1v) is 7.89. The molecule has 0 aliphatic heterocycles. The highest BCUT2D eigenvalue weighted by atomic mass is 19.4. The van der Waals surface area contributed by atoms with Crippen LogP contribution < -0.4 is 5.73 Å². The van der Waals surface area contributed by atoms with Crippen LogP contribution in [0.3, 0.4) is 0 Å². The second kappa shape index (κ2) is 7.34. The summed E-state index contributed by atoms with van der Waals surface area (Å²) in [6, 6.07) is 5.10. The average molecular weight is 329 g/mol. The molecule has 0 amide bonds. The predicted molar refractivity (Wildman–Crippen MR) is 80.8 cm³/mol. The Hall–Kier alpha value is -1.56. The highest BCUT2D eigenvalue weighted by molar-refractivity contribution is 5.69. The number of alkyl halides is 3. The van der Waals surface area contributed by atoms with E-state index in [1.165, 1.54) is 12.1 Å². The van der Waals surface area contributed by atoms with Crippen molar-refractivity contribution in [1.82, 2.24) is 0 Å². The van der Waals surface area contributed by atoms with Crippen molar-refractivity contribution in [2.75, 3.05) is 6.61 Å². The smallest absolute Gasteiger partial charge is 0.416 e. The van der Waals surface area contributed by atoms with Gasteiger partial charge in [-0.05, 0) is 55.7 Å². The van der Waals surface area contributed by atoms with Crippen LogP contribution in [0.2, 0.25) is 0 Å². The third-order valence-corrected chi connectivity index (χ3v) is 4.44. The van der Waals surface area contributed by atoms with Crippen LogP contribution >= 0.6 is 0 Å². The zero-order valence-corrected chi connectivity index (χ0v) is 13.1. The largest absolute Gasteiger partial charge is 0.466 e. The molecular weight excluding hydrogens is 307 g/mol. The molecule has 0 unspecified atom stereocenters. The molecule has 0 saturated heterocycles. The van der Waals surface area contributed by atoms with Crippen molar-refractivity contribution >= 4 is 5.97 Å². The Balaban J connectivity index is 2.06. The van der Waals surface area contributed by atoms with Gasteiger partial charge in [0.15, 0.2) is 0 Å². The van der Waals surface area contributed by atoms with Gasteiger partial charge in [0.05, 0.1) is 12.2 Å². The summed E-state index contributed by atoms with van der Waals surface area (Å²) in [7, 11) is 0. The summed E-state index contributed by atoms with van der Waals surface area (Å²) in [5, 5.41) is 0. The Kier molecular flexibility index (Phi) is 5.68. The molecule has 1 aliphatic rings. The Morgan fingerprint density at radius 1 is 1.26 bits per heavy atom. The van der Waals surface area contributed by atoms with Crippen LogP contribution in [0.25, 0.3) is 0 Å². The molecule has 0 radical (unpaired) electrons. The molecule has 0 spiro atoms. The van der Waals surface area contributed by atoms with E-state index in [0.29, 0.717) is 19.4 Å². The second-order valence-corrected chi connectivity index (χ2v) is 6.08. The van der Waals surface area contributed by atoms with E-state index in [0.717, 1.165) is 30.5 Å². The monoisotopic (exact) mass is 329 g/mol. The van der Waals surface area contributed by atoms with Crippen LogP contribution in [0.1, 0.15) is 49.7 Å². The first-order chi connectivity index (χ1) is 10.8. The quantitative estimate of drug-likeness (QED) is 0.853. The first kappa shape index (κ1) is 17.8. The highest BCUT2D eigenvalue weighted by Gasteiger charge is 2.33. The van der Waals surface area contributed by atoms with E-state index >= 15 is 0 Å². The number of rotatable bonds is 4. The molecule has 1 aliphatic carbocycles. The van der Waals surface area contributed by atoms with Gasteiger partial charge in [-0.15, -0.1) is 0 Å². The van der Waals surface area contributed by atoms with E-state index < -0.39 is 11.7 Å². The SMILES string of the molecule is CCOC(=O)C[C@H]1CC[C@H](N)[C@@H](c2ccc(C(F)(F)F)cc2)C1. The zero-order valence-electron chi connectivity index (χ0n) is 13.1. The van der Waals surface area contributed by atoms with E-state index in [1.54, 1.807) is 6.92 Å². The van der Waals surface area contributed by atoms with Crippen molar-refractivity contribution < 1.29 is 22.7 Å². The number of carbonyl (C=O) groups is 1. The van der Waals surface area contributed by atoms with Crippen LogP contribution in [0.15, 0.2) is 24.3 Å². The van der Waals surface area contributed by atoms with E-state index in [-0.39, 0.29) is 23.8 Å². The fraction of sp³-hybridized carbons (Fsp3) is 0.588. The minimum Gasteiger partial charge on any atom is -0.466 e. The van der Waals surface area contributed by atoms with Gasteiger partial charge in [0.2, 0.25) is 0 Å². The van der Waals surface area contributed by atoms with Gasteiger partial charge in [0.25, 0.3) is 0 Å². The standard InChI is InChI=1S/C17H22F3NO2/c1-2-23-16(22)10-11-3-8-15(21)14(9-11)12-4-6-13(7-5-12)17(18,19)20/h4-7,11,14-15H,2-3,8-10,21H2,1H3/t11-,14+,15-/m0/s1. The van der Waals surface area contributed by atoms with Crippen molar-refractivity contribution in [3.8, 4) is 0 Å². The van der Waals surface area contributed by atoms with Gasteiger partial charge in [0, 0.05) is 12.5 Å². The molecule has 0 bridgehead atoms. The molecule has 0 heterocycles. The summed E-state index contributed by atoms with van der Waals surface area (Å²) in [6.07, 6.45) is -1.68. The molecule has 0 aromatic heterocycles. The Labute approximate surface area is 134 Å². The van der Waals surface area contributed by atoms with Crippen molar-refractivity contribution in [3.63, 3.8) is 0 Å². The number of nitrogens with two attached hydrogens (primary N) is 1. The fourth-order valence-corrected chi connectivity index (χ4v) is 3.22. The number of halogens is 3. The normalized spacial score (nSPS) is 25.2. The Morgan fingerprint density at radius 2 is 1.91 bits per heavy atom. The lowest BCUT2D eigenvalue weighted by Crippen LogP contribution is -2.35. The first-order valence-electron chi connectivity index (χ1n) is 7.89. The van der Waals surface area contributed by atoms with Gasteiger partial charge < -0.3 is 10.5 Å². The molecule has 3 atom stereocenters. The number of carbonyl (C=O) groups excluding carboxylic acids is 1. The molecule has 1 aromatic carbocycles. The zero-order chi connectivity index (χ0) is 17.0. The maximum Gasteiger partial charge on any atom is 0.416 e. The van der Waals surface area contributed by atoms with Crippen molar-refractivity contribution in [3.05, 3.63) is 35.4 Å². The van der Waals surface area contributed by atoms with Crippen molar-refractivity contribution in [1.29, 1.82) is 0 Å².